The van der Waals surface area contributed by atoms with Gasteiger partial charge in [-0.3, -0.25) is 10.1 Å². The summed E-state index contributed by atoms with van der Waals surface area (Å²) in [6.45, 7) is 0. The molecule has 0 fully saturated rings. The van der Waals surface area contributed by atoms with E-state index in [1.54, 1.807) is 0 Å². The number of aliphatic hydroxyl groups is 2. The Morgan fingerprint density at radius 1 is 1.62 bits per heavy atom. The zero-order valence-corrected chi connectivity index (χ0v) is 9.66. The number of anilines is 1. The molecule has 16 heavy (non-hydrogen) atoms. The van der Waals surface area contributed by atoms with Crippen LogP contribution in [-0.4, -0.2) is 31.6 Å². The van der Waals surface area contributed by atoms with E-state index in [0.29, 0.717) is 0 Å². The summed E-state index contributed by atoms with van der Waals surface area (Å²) >= 11 is 2.98. The van der Waals surface area contributed by atoms with Crippen molar-refractivity contribution in [1.29, 1.82) is 0 Å². The number of halogens is 1. The molecule has 0 aromatic carbocycles. The number of nitrogen functional groups attached to an aromatic ring is 1. The largest absolute Gasteiger partial charge is 0.389 e. The Hall–Kier alpha value is -1.25. The average Bonchev–Trinajstić information content (AvgIpc) is 2.27. The third-order valence-corrected chi connectivity index (χ3v) is 2.65. The second-order valence-electron chi connectivity index (χ2n) is 3.09. The van der Waals surface area contributed by atoms with Crippen molar-refractivity contribution < 1.29 is 15.1 Å². The maximum Gasteiger partial charge on any atom is 0.288 e. The van der Waals surface area contributed by atoms with E-state index in [2.05, 4.69) is 20.9 Å². The van der Waals surface area contributed by atoms with E-state index in [9.17, 15) is 20.3 Å². The van der Waals surface area contributed by atoms with Gasteiger partial charge in [0, 0.05) is 17.0 Å². The Morgan fingerprint density at radius 2 is 2.25 bits per heavy atom. The normalized spacial score (nSPS) is 14.4. The first-order valence-corrected chi connectivity index (χ1v) is 5.41. The molecule has 0 bridgehead atoms. The van der Waals surface area contributed by atoms with Crippen LogP contribution in [0.25, 0.3) is 0 Å². The molecule has 1 heterocycles. The van der Waals surface area contributed by atoms with Crippen molar-refractivity contribution in [3.63, 3.8) is 0 Å². The Morgan fingerprint density at radius 3 is 2.75 bits per heavy atom. The minimum absolute atomic E-state index is 0.0427. The molecule has 8 heteroatoms. The Balaban J connectivity index is 3.11. The van der Waals surface area contributed by atoms with Gasteiger partial charge in [-0.05, 0) is 0 Å². The van der Waals surface area contributed by atoms with Gasteiger partial charge in [-0.15, -0.1) is 0 Å². The van der Waals surface area contributed by atoms with Crippen molar-refractivity contribution >= 4 is 27.4 Å². The summed E-state index contributed by atoms with van der Waals surface area (Å²) < 4.78 is 0. The van der Waals surface area contributed by atoms with Gasteiger partial charge >= 0.3 is 0 Å². The average molecular weight is 292 g/mol. The third-order valence-electron chi connectivity index (χ3n) is 1.99. The molecule has 0 saturated heterocycles. The molecule has 0 spiro atoms. The monoisotopic (exact) mass is 291 g/mol. The first kappa shape index (κ1) is 12.8. The number of nitrogens with two attached hydrogens (primary N) is 1. The molecule has 1 aromatic heterocycles. The number of nitrogens with zero attached hydrogens (tertiary/aromatic N) is 2. The molecule has 0 saturated carbocycles. The number of pyridine rings is 1. The van der Waals surface area contributed by atoms with Crippen molar-refractivity contribution in [2.75, 3.05) is 11.1 Å². The van der Waals surface area contributed by atoms with Crippen LogP contribution in [0.15, 0.2) is 12.3 Å². The molecule has 0 aliphatic rings. The minimum atomic E-state index is -1.31. The fourth-order valence-electron chi connectivity index (χ4n) is 1.11. The summed E-state index contributed by atoms with van der Waals surface area (Å²) in [7, 11) is 0. The van der Waals surface area contributed by atoms with E-state index < -0.39 is 17.1 Å². The highest BCUT2D eigenvalue weighted by molar-refractivity contribution is 9.09. The van der Waals surface area contributed by atoms with Gasteiger partial charge in [-0.25, -0.2) is 4.98 Å². The predicted molar refractivity (Wildman–Crippen MR) is 60.1 cm³/mol. The quantitative estimate of drug-likeness (QED) is 0.418. The third kappa shape index (κ3) is 2.65. The van der Waals surface area contributed by atoms with E-state index in [1.807, 2.05) is 0 Å². The molecular weight excluding hydrogens is 282 g/mol. The second-order valence-corrected chi connectivity index (χ2v) is 3.74. The summed E-state index contributed by atoms with van der Waals surface area (Å²) in [4.78, 5) is 13.4. The number of hydrogen-bond donors (Lipinski definition) is 3. The van der Waals surface area contributed by atoms with E-state index in [4.69, 9.17) is 5.73 Å². The smallest absolute Gasteiger partial charge is 0.288 e. The molecule has 0 radical (unpaired) electrons. The van der Waals surface area contributed by atoms with Crippen LogP contribution >= 0.6 is 15.9 Å². The molecule has 88 valence electrons. The zero-order chi connectivity index (χ0) is 12.3. The lowest BCUT2D eigenvalue weighted by Gasteiger charge is -2.16. The highest BCUT2D eigenvalue weighted by atomic mass is 79.9. The van der Waals surface area contributed by atoms with Crippen LogP contribution < -0.4 is 5.73 Å². The van der Waals surface area contributed by atoms with Gasteiger partial charge in [0.15, 0.2) is 0 Å². The first-order valence-electron chi connectivity index (χ1n) is 4.29. The maximum atomic E-state index is 10.5. The van der Waals surface area contributed by atoms with Crippen LogP contribution in [0.4, 0.5) is 11.5 Å². The number of nitro groups is 1. The molecule has 0 aliphatic heterocycles. The summed E-state index contributed by atoms with van der Waals surface area (Å²) in [6, 6.07) is 1.10. The lowest BCUT2D eigenvalue weighted by Crippen LogP contribution is -2.21. The van der Waals surface area contributed by atoms with Crippen LogP contribution in [0.2, 0.25) is 0 Å². The van der Waals surface area contributed by atoms with E-state index >= 15 is 0 Å². The Labute approximate surface area is 99.2 Å². The number of aliphatic hydroxyl groups excluding tert-OH is 2. The van der Waals surface area contributed by atoms with Gasteiger partial charge in [0.25, 0.3) is 5.69 Å². The van der Waals surface area contributed by atoms with Crippen molar-refractivity contribution in [2.24, 2.45) is 0 Å². The molecule has 7 nitrogen and oxygen atoms in total. The van der Waals surface area contributed by atoms with E-state index in [0.717, 1.165) is 12.3 Å². The van der Waals surface area contributed by atoms with Crippen molar-refractivity contribution in [3.8, 4) is 0 Å². The van der Waals surface area contributed by atoms with Crippen molar-refractivity contribution in [1.82, 2.24) is 4.98 Å². The molecule has 0 aliphatic carbocycles. The van der Waals surface area contributed by atoms with E-state index in [-0.39, 0.29) is 22.4 Å². The molecule has 4 N–H and O–H groups in total. The standard InChI is InChI=1S/C8H10BrN3O4/c9-2-6(13)7(14)5-1-4(12(15)16)3-11-8(5)10/h1,3,6-7,13-14H,2H2,(H2,10,11). The topological polar surface area (TPSA) is 123 Å². The van der Waals surface area contributed by atoms with E-state index in [1.165, 1.54) is 0 Å². The second kappa shape index (κ2) is 5.19. The highest BCUT2D eigenvalue weighted by Crippen LogP contribution is 2.26. The summed E-state index contributed by atoms with van der Waals surface area (Å²) in [5, 5.41) is 29.7. The van der Waals surface area contributed by atoms with Gasteiger partial charge in [-0.2, -0.15) is 0 Å². The Bertz CT molecular complexity index is 401. The fourth-order valence-corrected chi connectivity index (χ4v) is 1.46. The van der Waals surface area contributed by atoms with Gasteiger partial charge in [-0.1, -0.05) is 15.9 Å². The first-order chi connectivity index (χ1) is 7.47. The zero-order valence-electron chi connectivity index (χ0n) is 8.08. The SMILES string of the molecule is Nc1ncc([N+](=O)[O-])cc1C(O)C(O)CBr. The van der Waals surface area contributed by atoms with Crippen LogP contribution in [0.3, 0.4) is 0 Å². The van der Waals surface area contributed by atoms with Gasteiger partial charge in [0.05, 0.1) is 11.0 Å². The van der Waals surface area contributed by atoms with Gasteiger partial charge < -0.3 is 15.9 Å². The van der Waals surface area contributed by atoms with Crippen LogP contribution in [0.1, 0.15) is 11.7 Å². The Kier molecular flexibility index (Phi) is 4.16. The predicted octanol–water partition coefficient (Wildman–Crippen LogP) is 0.361. The summed E-state index contributed by atoms with van der Waals surface area (Å²) in [5.41, 5.74) is 5.22. The number of hydrogen-bond acceptors (Lipinski definition) is 6. The fraction of sp³-hybridized carbons (Fsp3) is 0.375. The van der Waals surface area contributed by atoms with Crippen LogP contribution in [0.5, 0.6) is 0 Å². The lowest BCUT2D eigenvalue weighted by molar-refractivity contribution is -0.385. The molecular formula is C8H10BrN3O4. The number of aromatic nitrogens is 1. The molecule has 1 rings (SSSR count). The molecule has 2 unspecified atom stereocenters. The van der Waals surface area contributed by atoms with Crippen LogP contribution in [0, 0.1) is 10.1 Å². The summed E-state index contributed by atoms with van der Waals surface area (Å²) in [5.74, 6) is -0.0434. The summed E-state index contributed by atoms with van der Waals surface area (Å²) in [6.07, 6.45) is -1.43. The molecule has 2 atom stereocenters. The minimum Gasteiger partial charge on any atom is -0.389 e. The number of rotatable bonds is 4. The van der Waals surface area contributed by atoms with Crippen LogP contribution in [-0.2, 0) is 0 Å². The molecule has 1 aromatic rings. The van der Waals surface area contributed by atoms with Crippen molar-refractivity contribution in [2.45, 2.75) is 12.2 Å². The number of alkyl halides is 1. The van der Waals surface area contributed by atoms with Gasteiger partial charge in [0.1, 0.15) is 18.1 Å². The molecule has 0 amide bonds. The van der Waals surface area contributed by atoms with Gasteiger partial charge in [0.2, 0.25) is 0 Å². The maximum absolute atomic E-state index is 10.5. The lowest BCUT2D eigenvalue weighted by atomic mass is 10.1. The highest BCUT2D eigenvalue weighted by Gasteiger charge is 2.22. The van der Waals surface area contributed by atoms with Crippen molar-refractivity contribution in [3.05, 3.63) is 27.9 Å².